The number of aromatic nitrogens is 1. The molecule has 0 aliphatic carbocycles. The van der Waals surface area contributed by atoms with Gasteiger partial charge in [-0.1, -0.05) is 13.8 Å². The molecule has 2 rings (SSSR count). The highest BCUT2D eigenvalue weighted by Crippen LogP contribution is 2.31. The maximum absolute atomic E-state index is 13.9. The van der Waals surface area contributed by atoms with Crippen molar-refractivity contribution in [3.63, 3.8) is 0 Å². The van der Waals surface area contributed by atoms with E-state index in [0.29, 0.717) is 17.2 Å². The van der Waals surface area contributed by atoms with E-state index in [-0.39, 0.29) is 5.82 Å². The summed E-state index contributed by atoms with van der Waals surface area (Å²) in [5.74, 6) is 0.644. The molecule has 0 aliphatic rings. The van der Waals surface area contributed by atoms with Crippen molar-refractivity contribution in [2.24, 2.45) is 0 Å². The number of hydrogen-bond acceptors (Lipinski definition) is 3. The van der Waals surface area contributed by atoms with E-state index in [2.05, 4.69) is 18.8 Å². The molecule has 4 heteroatoms. The minimum absolute atomic E-state index is 0.292. The third-order valence-electron chi connectivity index (χ3n) is 3.05. The SMILES string of the molecule is CCC(C)c1csc(-c2ccc(OC)cc2F)n1. The highest BCUT2D eigenvalue weighted by atomic mass is 32.1. The van der Waals surface area contributed by atoms with Gasteiger partial charge in [0.1, 0.15) is 16.6 Å². The third kappa shape index (κ3) is 2.53. The molecule has 0 N–H and O–H groups in total. The molecule has 0 saturated carbocycles. The molecule has 1 atom stereocenters. The molecule has 2 nitrogen and oxygen atoms in total. The lowest BCUT2D eigenvalue weighted by atomic mass is 10.1. The average Bonchev–Trinajstić information content (AvgIpc) is 2.87. The number of thiazole rings is 1. The van der Waals surface area contributed by atoms with Crippen LogP contribution in [0.15, 0.2) is 23.6 Å². The lowest BCUT2D eigenvalue weighted by Crippen LogP contribution is -1.92. The standard InChI is InChI=1S/C14H16FNOS/c1-4-9(2)13-8-18-14(16-13)11-6-5-10(17-3)7-12(11)15/h5-9H,4H2,1-3H3. The molecule has 0 radical (unpaired) electrons. The van der Waals surface area contributed by atoms with Crippen molar-refractivity contribution in [1.29, 1.82) is 0 Å². The molecule has 0 fully saturated rings. The molecule has 1 unspecified atom stereocenters. The Bertz CT molecular complexity index is 538. The van der Waals surface area contributed by atoms with Gasteiger partial charge in [0.2, 0.25) is 0 Å². The molecule has 1 heterocycles. The van der Waals surface area contributed by atoms with E-state index < -0.39 is 0 Å². The summed E-state index contributed by atoms with van der Waals surface area (Å²) in [6.07, 6.45) is 1.04. The summed E-state index contributed by atoms with van der Waals surface area (Å²) in [5.41, 5.74) is 1.57. The van der Waals surface area contributed by atoms with E-state index in [0.717, 1.165) is 17.1 Å². The Morgan fingerprint density at radius 3 is 2.83 bits per heavy atom. The van der Waals surface area contributed by atoms with Crippen molar-refractivity contribution in [1.82, 2.24) is 4.98 Å². The Labute approximate surface area is 110 Å². The number of nitrogens with zero attached hydrogens (tertiary/aromatic N) is 1. The Kier molecular flexibility index (Phi) is 3.97. The topological polar surface area (TPSA) is 22.1 Å². The zero-order valence-corrected chi connectivity index (χ0v) is 11.6. The zero-order valence-electron chi connectivity index (χ0n) is 10.7. The van der Waals surface area contributed by atoms with Crippen LogP contribution in [-0.2, 0) is 0 Å². The normalized spacial score (nSPS) is 12.4. The van der Waals surface area contributed by atoms with Crippen molar-refractivity contribution in [3.8, 4) is 16.3 Å². The largest absolute Gasteiger partial charge is 0.497 e. The molecule has 0 aliphatic heterocycles. The highest BCUT2D eigenvalue weighted by Gasteiger charge is 2.13. The number of benzene rings is 1. The number of hydrogen-bond donors (Lipinski definition) is 0. The van der Waals surface area contributed by atoms with Crippen LogP contribution in [0.2, 0.25) is 0 Å². The van der Waals surface area contributed by atoms with Crippen LogP contribution in [0.1, 0.15) is 31.9 Å². The monoisotopic (exact) mass is 265 g/mol. The van der Waals surface area contributed by atoms with Crippen molar-refractivity contribution in [2.75, 3.05) is 7.11 Å². The van der Waals surface area contributed by atoms with Gasteiger partial charge >= 0.3 is 0 Å². The van der Waals surface area contributed by atoms with E-state index in [4.69, 9.17) is 4.74 Å². The summed E-state index contributed by atoms with van der Waals surface area (Å²) in [4.78, 5) is 4.51. The predicted molar refractivity (Wildman–Crippen MR) is 72.8 cm³/mol. The zero-order chi connectivity index (χ0) is 13.1. The Balaban J connectivity index is 2.34. The molecular formula is C14H16FNOS. The van der Waals surface area contributed by atoms with Gasteiger partial charge in [0.05, 0.1) is 12.8 Å². The first kappa shape index (κ1) is 13.0. The third-order valence-corrected chi connectivity index (χ3v) is 3.94. The molecule has 0 saturated heterocycles. The molecule has 18 heavy (non-hydrogen) atoms. The summed E-state index contributed by atoms with van der Waals surface area (Å²) in [6.45, 7) is 4.25. The van der Waals surface area contributed by atoms with Crippen LogP contribution >= 0.6 is 11.3 Å². The molecule has 2 aromatic rings. The maximum Gasteiger partial charge on any atom is 0.137 e. The number of rotatable bonds is 4. The van der Waals surface area contributed by atoms with Gasteiger partial charge in [0, 0.05) is 17.0 Å². The lowest BCUT2D eigenvalue weighted by molar-refractivity contribution is 0.411. The molecular weight excluding hydrogens is 249 g/mol. The van der Waals surface area contributed by atoms with Crippen LogP contribution in [0.3, 0.4) is 0 Å². The number of methoxy groups -OCH3 is 1. The van der Waals surface area contributed by atoms with E-state index >= 15 is 0 Å². The number of ether oxygens (including phenoxy) is 1. The van der Waals surface area contributed by atoms with Gasteiger partial charge in [0.25, 0.3) is 0 Å². The van der Waals surface area contributed by atoms with Crippen molar-refractivity contribution in [2.45, 2.75) is 26.2 Å². The van der Waals surface area contributed by atoms with E-state index in [1.165, 1.54) is 24.5 Å². The van der Waals surface area contributed by atoms with Crippen LogP contribution in [0.5, 0.6) is 5.75 Å². The van der Waals surface area contributed by atoms with Crippen LogP contribution < -0.4 is 4.74 Å². The van der Waals surface area contributed by atoms with Gasteiger partial charge in [-0.25, -0.2) is 9.37 Å². The van der Waals surface area contributed by atoms with Gasteiger partial charge in [-0.05, 0) is 24.5 Å². The molecule has 0 amide bonds. The van der Waals surface area contributed by atoms with Gasteiger partial charge in [-0.2, -0.15) is 0 Å². The van der Waals surface area contributed by atoms with Crippen LogP contribution in [0, 0.1) is 5.82 Å². The predicted octanol–water partition coefficient (Wildman–Crippen LogP) is 4.47. The summed E-state index contributed by atoms with van der Waals surface area (Å²) in [7, 11) is 1.53. The van der Waals surface area contributed by atoms with Gasteiger partial charge in [-0.15, -0.1) is 11.3 Å². The first-order valence-corrected chi connectivity index (χ1v) is 6.83. The van der Waals surface area contributed by atoms with Gasteiger partial charge < -0.3 is 4.74 Å². The molecule has 96 valence electrons. The van der Waals surface area contributed by atoms with Crippen LogP contribution in [-0.4, -0.2) is 12.1 Å². The molecule has 0 spiro atoms. The summed E-state index contributed by atoms with van der Waals surface area (Å²) < 4.78 is 18.9. The molecule has 0 bridgehead atoms. The van der Waals surface area contributed by atoms with E-state index in [1.807, 2.05) is 5.38 Å². The summed E-state index contributed by atoms with van der Waals surface area (Å²) in [5, 5.41) is 2.73. The molecule has 1 aromatic heterocycles. The Morgan fingerprint density at radius 1 is 1.44 bits per heavy atom. The Morgan fingerprint density at radius 2 is 2.22 bits per heavy atom. The van der Waals surface area contributed by atoms with Crippen molar-refractivity contribution >= 4 is 11.3 Å². The summed E-state index contributed by atoms with van der Waals surface area (Å²) >= 11 is 1.48. The first-order valence-electron chi connectivity index (χ1n) is 5.95. The smallest absolute Gasteiger partial charge is 0.137 e. The fraction of sp³-hybridized carbons (Fsp3) is 0.357. The fourth-order valence-electron chi connectivity index (χ4n) is 1.64. The summed E-state index contributed by atoms with van der Waals surface area (Å²) in [6, 6.07) is 4.86. The second-order valence-corrected chi connectivity index (χ2v) is 5.09. The molecule has 1 aromatic carbocycles. The van der Waals surface area contributed by atoms with Gasteiger partial charge in [-0.3, -0.25) is 0 Å². The highest BCUT2D eigenvalue weighted by molar-refractivity contribution is 7.13. The average molecular weight is 265 g/mol. The Hall–Kier alpha value is -1.42. The fourth-order valence-corrected chi connectivity index (χ4v) is 2.61. The van der Waals surface area contributed by atoms with E-state index in [9.17, 15) is 4.39 Å². The van der Waals surface area contributed by atoms with Crippen LogP contribution in [0.25, 0.3) is 10.6 Å². The van der Waals surface area contributed by atoms with Crippen molar-refractivity contribution < 1.29 is 9.13 Å². The maximum atomic E-state index is 13.9. The quantitative estimate of drug-likeness (QED) is 0.813. The minimum atomic E-state index is -0.292. The van der Waals surface area contributed by atoms with E-state index in [1.54, 1.807) is 12.1 Å². The van der Waals surface area contributed by atoms with Gasteiger partial charge in [0.15, 0.2) is 0 Å². The van der Waals surface area contributed by atoms with Crippen LogP contribution in [0.4, 0.5) is 4.39 Å². The second-order valence-electron chi connectivity index (χ2n) is 4.23. The number of halogens is 1. The first-order chi connectivity index (χ1) is 8.65. The lowest BCUT2D eigenvalue weighted by Gasteiger charge is -2.04. The second kappa shape index (κ2) is 5.48. The minimum Gasteiger partial charge on any atom is -0.497 e. The van der Waals surface area contributed by atoms with Crippen molar-refractivity contribution in [3.05, 3.63) is 35.1 Å².